The summed E-state index contributed by atoms with van der Waals surface area (Å²) in [6.07, 6.45) is 5.99. The topological polar surface area (TPSA) is 43.4 Å². The maximum absolute atomic E-state index is 11.2. The van der Waals surface area contributed by atoms with E-state index in [4.69, 9.17) is 0 Å². The van der Waals surface area contributed by atoms with Crippen LogP contribution in [0.1, 0.15) is 19.3 Å². The number of carbonyl (C=O) groups is 2. The molecule has 0 aromatic heterocycles. The van der Waals surface area contributed by atoms with Gasteiger partial charge in [0.05, 0.1) is 5.92 Å². The van der Waals surface area contributed by atoms with Gasteiger partial charge >= 0.3 is 11.9 Å². The first-order valence-electron chi connectivity index (χ1n) is 4.17. The maximum Gasteiger partial charge on any atom is 0.317 e. The van der Waals surface area contributed by atoms with Gasteiger partial charge in [0, 0.05) is 6.42 Å². The zero-order chi connectivity index (χ0) is 8.55. The van der Waals surface area contributed by atoms with Crippen molar-refractivity contribution in [2.75, 3.05) is 0 Å². The van der Waals surface area contributed by atoms with Crippen LogP contribution in [-0.4, -0.2) is 11.9 Å². The van der Waals surface area contributed by atoms with Crippen molar-refractivity contribution in [3.8, 4) is 0 Å². The number of hydrogen-bond acceptors (Lipinski definition) is 3. The van der Waals surface area contributed by atoms with E-state index in [0.717, 1.165) is 12.8 Å². The lowest BCUT2D eigenvalue weighted by molar-refractivity contribution is -0.170. The van der Waals surface area contributed by atoms with Crippen molar-refractivity contribution in [1.29, 1.82) is 0 Å². The smallest absolute Gasteiger partial charge is 0.317 e. The lowest BCUT2D eigenvalue weighted by Crippen LogP contribution is -2.36. The van der Waals surface area contributed by atoms with Crippen molar-refractivity contribution in [3.05, 3.63) is 12.2 Å². The Labute approximate surface area is 70.4 Å². The van der Waals surface area contributed by atoms with Crippen molar-refractivity contribution >= 4 is 11.9 Å². The van der Waals surface area contributed by atoms with Crippen LogP contribution in [0.5, 0.6) is 0 Å². The zero-order valence-electron chi connectivity index (χ0n) is 6.66. The molecule has 0 amide bonds. The molecule has 0 unspecified atom stereocenters. The average Bonchev–Trinajstić information content (AvgIpc) is 2.04. The van der Waals surface area contributed by atoms with E-state index in [1.165, 1.54) is 0 Å². The monoisotopic (exact) mass is 166 g/mol. The first kappa shape index (κ1) is 7.53. The molecule has 64 valence electrons. The van der Waals surface area contributed by atoms with Crippen LogP contribution in [0.2, 0.25) is 0 Å². The zero-order valence-corrected chi connectivity index (χ0v) is 6.66. The summed E-state index contributed by atoms with van der Waals surface area (Å²) in [6.45, 7) is 0. The van der Waals surface area contributed by atoms with Crippen LogP contribution in [0.15, 0.2) is 12.2 Å². The molecule has 2 aliphatic rings. The molecule has 0 saturated carbocycles. The molecule has 0 aromatic rings. The summed E-state index contributed by atoms with van der Waals surface area (Å²) in [6, 6.07) is 0. The predicted octanol–water partition coefficient (Wildman–Crippen LogP) is 1.04. The molecule has 1 heterocycles. The van der Waals surface area contributed by atoms with Gasteiger partial charge < -0.3 is 4.74 Å². The van der Waals surface area contributed by atoms with Gasteiger partial charge in [-0.3, -0.25) is 9.59 Å². The molecule has 12 heavy (non-hydrogen) atoms. The van der Waals surface area contributed by atoms with E-state index >= 15 is 0 Å². The van der Waals surface area contributed by atoms with Gasteiger partial charge in [-0.2, -0.15) is 0 Å². The molecular formula is C9H10O3. The summed E-state index contributed by atoms with van der Waals surface area (Å²) in [7, 11) is 0. The Bertz CT molecular complexity index is 254. The number of hydrogen-bond donors (Lipinski definition) is 0. The summed E-state index contributed by atoms with van der Waals surface area (Å²) in [4.78, 5) is 22.0. The fourth-order valence-electron chi connectivity index (χ4n) is 1.83. The fourth-order valence-corrected chi connectivity index (χ4v) is 1.83. The lowest BCUT2D eigenvalue weighted by Gasteiger charge is -2.29. The molecule has 3 heteroatoms. The second-order valence-corrected chi connectivity index (χ2v) is 3.31. The summed E-state index contributed by atoms with van der Waals surface area (Å²) < 4.78 is 4.54. The first-order valence-corrected chi connectivity index (χ1v) is 4.17. The average molecular weight is 166 g/mol. The van der Waals surface area contributed by atoms with Crippen molar-refractivity contribution in [1.82, 2.24) is 0 Å². The summed E-state index contributed by atoms with van der Waals surface area (Å²) in [5.74, 6) is -0.561. The number of ether oxygens (including phenoxy) is 1. The molecule has 0 aromatic carbocycles. The minimum atomic E-state index is -0.364. The summed E-state index contributed by atoms with van der Waals surface area (Å²) in [5.41, 5.74) is 0. The molecule has 1 aliphatic heterocycles. The molecule has 0 spiro atoms. The number of esters is 2. The normalized spacial score (nSPS) is 34.3. The van der Waals surface area contributed by atoms with E-state index in [9.17, 15) is 9.59 Å². The Morgan fingerprint density at radius 3 is 2.83 bits per heavy atom. The van der Waals surface area contributed by atoms with E-state index in [2.05, 4.69) is 4.74 Å². The molecule has 2 atom stereocenters. The Morgan fingerprint density at radius 1 is 1.25 bits per heavy atom. The van der Waals surface area contributed by atoms with Crippen LogP contribution in [0, 0.1) is 11.8 Å². The molecular weight excluding hydrogens is 156 g/mol. The number of carbonyl (C=O) groups excluding carboxylic acids is 2. The summed E-state index contributed by atoms with van der Waals surface area (Å²) >= 11 is 0. The molecule has 1 fully saturated rings. The van der Waals surface area contributed by atoms with Gasteiger partial charge in [-0.15, -0.1) is 0 Å². The van der Waals surface area contributed by atoms with Crippen LogP contribution >= 0.6 is 0 Å². The second kappa shape index (κ2) is 2.73. The van der Waals surface area contributed by atoms with Crippen molar-refractivity contribution in [2.45, 2.75) is 19.3 Å². The lowest BCUT2D eigenvalue weighted by atomic mass is 9.80. The fraction of sp³-hybridized carbons (Fsp3) is 0.556. The minimum absolute atomic E-state index is 0.0623. The van der Waals surface area contributed by atoms with Crippen LogP contribution in [0.3, 0.4) is 0 Å². The molecule has 1 aliphatic carbocycles. The Kier molecular flexibility index (Phi) is 1.71. The first-order chi connectivity index (χ1) is 5.77. The van der Waals surface area contributed by atoms with E-state index in [1.807, 2.05) is 12.2 Å². The minimum Gasteiger partial charge on any atom is -0.393 e. The van der Waals surface area contributed by atoms with Gasteiger partial charge in [0.15, 0.2) is 0 Å². The molecule has 0 bridgehead atoms. The van der Waals surface area contributed by atoms with E-state index in [1.54, 1.807) is 0 Å². The van der Waals surface area contributed by atoms with Crippen molar-refractivity contribution in [2.24, 2.45) is 11.8 Å². The molecule has 2 rings (SSSR count). The Morgan fingerprint density at radius 2 is 2.00 bits per heavy atom. The van der Waals surface area contributed by atoms with Crippen LogP contribution in [0.4, 0.5) is 0 Å². The number of cyclic esters (lactones) is 2. The second-order valence-electron chi connectivity index (χ2n) is 3.31. The standard InChI is InChI=1S/C9H10O3/c10-8-5-6-3-1-2-4-7(6)9(11)12-8/h1-2,6-7H,3-5H2/t6-,7+/m1/s1. The highest BCUT2D eigenvalue weighted by atomic mass is 16.6. The van der Waals surface area contributed by atoms with Crippen molar-refractivity contribution in [3.63, 3.8) is 0 Å². The van der Waals surface area contributed by atoms with E-state index in [0.29, 0.717) is 6.42 Å². The molecule has 0 N–H and O–H groups in total. The van der Waals surface area contributed by atoms with Crippen molar-refractivity contribution < 1.29 is 14.3 Å². The van der Waals surface area contributed by atoms with Gasteiger partial charge in [0.25, 0.3) is 0 Å². The number of rotatable bonds is 0. The van der Waals surface area contributed by atoms with Gasteiger partial charge in [0.1, 0.15) is 0 Å². The van der Waals surface area contributed by atoms with Gasteiger partial charge in [-0.25, -0.2) is 0 Å². The van der Waals surface area contributed by atoms with Crippen LogP contribution < -0.4 is 0 Å². The Hall–Kier alpha value is -1.12. The maximum atomic E-state index is 11.2. The van der Waals surface area contributed by atoms with Gasteiger partial charge in [0.2, 0.25) is 0 Å². The third-order valence-corrected chi connectivity index (χ3v) is 2.51. The number of fused-ring (bicyclic) bond motifs is 1. The largest absolute Gasteiger partial charge is 0.393 e. The van der Waals surface area contributed by atoms with E-state index in [-0.39, 0.29) is 23.8 Å². The quantitative estimate of drug-likeness (QED) is 0.307. The van der Waals surface area contributed by atoms with Gasteiger partial charge in [-0.05, 0) is 18.8 Å². The van der Waals surface area contributed by atoms with E-state index < -0.39 is 0 Å². The van der Waals surface area contributed by atoms with Crippen LogP contribution in [0.25, 0.3) is 0 Å². The summed E-state index contributed by atoms with van der Waals surface area (Å²) in [5, 5.41) is 0. The van der Waals surface area contributed by atoms with Crippen LogP contribution in [-0.2, 0) is 14.3 Å². The third kappa shape index (κ3) is 1.15. The van der Waals surface area contributed by atoms with Gasteiger partial charge in [-0.1, -0.05) is 12.2 Å². The highest BCUT2D eigenvalue weighted by molar-refractivity contribution is 5.90. The number of allylic oxidation sites excluding steroid dienone is 2. The molecule has 0 radical (unpaired) electrons. The Balaban J connectivity index is 2.18. The third-order valence-electron chi connectivity index (χ3n) is 2.51. The predicted molar refractivity (Wildman–Crippen MR) is 41.1 cm³/mol. The highest BCUT2D eigenvalue weighted by Crippen LogP contribution is 2.32. The molecule has 3 nitrogen and oxygen atoms in total. The highest BCUT2D eigenvalue weighted by Gasteiger charge is 2.37. The SMILES string of the molecule is O=C1C[C@H]2CC=CC[C@@H]2C(=O)O1. The molecule has 1 saturated heterocycles.